The highest BCUT2D eigenvalue weighted by Crippen LogP contribution is 2.24. The van der Waals surface area contributed by atoms with Gasteiger partial charge in [0.2, 0.25) is 0 Å². The van der Waals surface area contributed by atoms with Crippen LogP contribution >= 0.6 is 11.6 Å². The lowest BCUT2D eigenvalue weighted by Gasteiger charge is -2.25. The summed E-state index contributed by atoms with van der Waals surface area (Å²) in [6.45, 7) is 2.88. The van der Waals surface area contributed by atoms with Gasteiger partial charge in [-0.3, -0.25) is 4.79 Å². The summed E-state index contributed by atoms with van der Waals surface area (Å²) in [4.78, 5) is 12.8. The van der Waals surface area contributed by atoms with E-state index in [0.29, 0.717) is 6.04 Å². The van der Waals surface area contributed by atoms with Crippen molar-refractivity contribution in [2.45, 2.75) is 45.1 Å². The van der Waals surface area contributed by atoms with Crippen molar-refractivity contribution in [3.8, 4) is 0 Å². The first-order valence-electron chi connectivity index (χ1n) is 4.71. The monoisotopic (exact) mass is 189 g/mol. The maximum absolute atomic E-state index is 11.0. The molecule has 0 aliphatic heterocycles. The molecule has 0 aromatic carbocycles. The van der Waals surface area contributed by atoms with E-state index in [4.69, 9.17) is 11.6 Å². The minimum absolute atomic E-state index is 0.274. The molecule has 0 heterocycles. The number of hydrogen-bond donors (Lipinski definition) is 0. The summed E-state index contributed by atoms with van der Waals surface area (Å²) >= 11 is 5.49. The SMILES string of the molecule is CCCN(C(=O)Cl)C1CCCC1. The standard InChI is InChI=1S/C9H16ClNO/c1-2-7-11(9(10)12)8-5-3-4-6-8/h8H,2-7H2,1H3. The smallest absolute Gasteiger partial charge is 0.316 e. The Labute approximate surface area is 78.9 Å². The predicted molar refractivity (Wildman–Crippen MR) is 50.5 cm³/mol. The van der Waals surface area contributed by atoms with E-state index in [0.717, 1.165) is 25.8 Å². The highest BCUT2D eigenvalue weighted by atomic mass is 35.5. The maximum Gasteiger partial charge on any atom is 0.316 e. The molecule has 70 valence electrons. The quantitative estimate of drug-likeness (QED) is 0.494. The molecule has 1 saturated carbocycles. The van der Waals surface area contributed by atoms with E-state index in [2.05, 4.69) is 6.92 Å². The van der Waals surface area contributed by atoms with Crippen LogP contribution in [0.2, 0.25) is 0 Å². The van der Waals surface area contributed by atoms with Crippen molar-refractivity contribution in [1.29, 1.82) is 0 Å². The lowest BCUT2D eigenvalue weighted by atomic mass is 10.2. The van der Waals surface area contributed by atoms with Gasteiger partial charge in [-0.2, -0.15) is 0 Å². The number of carbonyl (C=O) groups is 1. The number of carbonyl (C=O) groups excluding carboxylic acids is 1. The summed E-state index contributed by atoms with van der Waals surface area (Å²) in [6.07, 6.45) is 5.76. The molecule has 1 aliphatic carbocycles. The fraction of sp³-hybridized carbons (Fsp3) is 0.889. The Morgan fingerprint density at radius 1 is 1.50 bits per heavy atom. The van der Waals surface area contributed by atoms with E-state index in [1.807, 2.05) is 4.90 Å². The van der Waals surface area contributed by atoms with Gasteiger partial charge in [-0.1, -0.05) is 19.8 Å². The number of nitrogens with zero attached hydrogens (tertiary/aromatic N) is 1. The zero-order chi connectivity index (χ0) is 8.97. The molecule has 1 amide bonds. The molecule has 0 radical (unpaired) electrons. The van der Waals surface area contributed by atoms with Gasteiger partial charge < -0.3 is 4.90 Å². The molecule has 0 spiro atoms. The molecule has 1 aliphatic rings. The van der Waals surface area contributed by atoms with Gasteiger partial charge in [0.15, 0.2) is 0 Å². The van der Waals surface area contributed by atoms with Gasteiger partial charge in [-0.05, 0) is 30.9 Å². The van der Waals surface area contributed by atoms with Gasteiger partial charge in [0.05, 0.1) is 0 Å². The van der Waals surface area contributed by atoms with Crippen molar-refractivity contribution < 1.29 is 4.79 Å². The summed E-state index contributed by atoms with van der Waals surface area (Å²) < 4.78 is 0. The molecular formula is C9H16ClNO. The van der Waals surface area contributed by atoms with Gasteiger partial charge in [-0.25, -0.2) is 0 Å². The average Bonchev–Trinajstić information content (AvgIpc) is 2.51. The second-order valence-electron chi connectivity index (χ2n) is 3.38. The Morgan fingerprint density at radius 3 is 2.50 bits per heavy atom. The first-order chi connectivity index (χ1) is 5.75. The van der Waals surface area contributed by atoms with Crippen LogP contribution in [0.3, 0.4) is 0 Å². The van der Waals surface area contributed by atoms with E-state index in [9.17, 15) is 4.79 Å². The molecule has 0 unspecified atom stereocenters. The Kier molecular flexibility index (Phi) is 3.86. The van der Waals surface area contributed by atoms with Gasteiger partial charge in [0.25, 0.3) is 0 Å². The highest BCUT2D eigenvalue weighted by molar-refractivity contribution is 6.62. The van der Waals surface area contributed by atoms with Crippen molar-refractivity contribution >= 4 is 17.0 Å². The van der Waals surface area contributed by atoms with Crippen LogP contribution < -0.4 is 0 Å². The third-order valence-corrected chi connectivity index (χ3v) is 2.67. The molecule has 0 aromatic rings. The van der Waals surface area contributed by atoms with E-state index >= 15 is 0 Å². The van der Waals surface area contributed by atoms with E-state index in [1.165, 1.54) is 12.8 Å². The molecule has 2 nitrogen and oxygen atoms in total. The van der Waals surface area contributed by atoms with Gasteiger partial charge >= 0.3 is 5.37 Å². The summed E-state index contributed by atoms with van der Waals surface area (Å²) in [5.41, 5.74) is 0. The van der Waals surface area contributed by atoms with Crippen molar-refractivity contribution in [1.82, 2.24) is 4.90 Å². The molecule has 1 fully saturated rings. The maximum atomic E-state index is 11.0. The summed E-state index contributed by atoms with van der Waals surface area (Å²) in [5, 5.41) is -0.274. The van der Waals surface area contributed by atoms with Crippen molar-refractivity contribution in [3.63, 3.8) is 0 Å². The molecule has 0 aromatic heterocycles. The Bertz CT molecular complexity index is 155. The third kappa shape index (κ3) is 2.37. The fourth-order valence-electron chi connectivity index (χ4n) is 1.87. The van der Waals surface area contributed by atoms with E-state index in [-0.39, 0.29) is 5.37 Å². The molecule has 0 N–H and O–H groups in total. The molecule has 1 rings (SSSR count). The zero-order valence-corrected chi connectivity index (χ0v) is 8.31. The van der Waals surface area contributed by atoms with E-state index < -0.39 is 0 Å². The number of halogens is 1. The lowest BCUT2D eigenvalue weighted by Crippen LogP contribution is -2.35. The molecule has 0 atom stereocenters. The molecule has 0 bridgehead atoms. The van der Waals surface area contributed by atoms with Gasteiger partial charge in [0, 0.05) is 12.6 Å². The van der Waals surface area contributed by atoms with E-state index in [1.54, 1.807) is 0 Å². The fourth-order valence-corrected chi connectivity index (χ4v) is 2.09. The Morgan fingerprint density at radius 2 is 2.08 bits per heavy atom. The van der Waals surface area contributed by atoms with Crippen LogP contribution in [0, 0.1) is 0 Å². The third-order valence-electron chi connectivity index (χ3n) is 2.46. The second kappa shape index (κ2) is 4.70. The first kappa shape index (κ1) is 9.85. The molecule has 0 saturated heterocycles. The zero-order valence-electron chi connectivity index (χ0n) is 7.55. The molecular weight excluding hydrogens is 174 g/mol. The largest absolute Gasteiger partial charge is 0.326 e. The van der Waals surface area contributed by atoms with Crippen LogP contribution in [0.25, 0.3) is 0 Å². The van der Waals surface area contributed by atoms with Gasteiger partial charge in [0.1, 0.15) is 0 Å². The summed E-state index contributed by atoms with van der Waals surface area (Å²) in [6, 6.07) is 0.426. The normalized spacial score (nSPS) is 18.2. The van der Waals surface area contributed by atoms with Crippen LogP contribution in [-0.2, 0) is 0 Å². The van der Waals surface area contributed by atoms with Crippen molar-refractivity contribution in [2.75, 3.05) is 6.54 Å². The second-order valence-corrected chi connectivity index (χ2v) is 3.71. The number of amides is 1. The highest BCUT2D eigenvalue weighted by Gasteiger charge is 2.24. The molecule has 12 heavy (non-hydrogen) atoms. The number of rotatable bonds is 3. The first-order valence-corrected chi connectivity index (χ1v) is 5.09. The summed E-state index contributed by atoms with van der Waals surface area (Å²) in [5.74, 6) is 0. The lowest BCUT2D eigenvalue weighted by molar-refractivity contribution is 0.198. The summed E-state index contributed by atoms with van der Waals surface area (Å²) in [7, 11) is 0. The van der Waals surface area contributed by atoms with Crippen molar-refractivity contribution in [3.05, 3.63) is 0 Å². The minimum atomic E-state index is -0.274. The van der Waals surface area contributed by atoms with Crippen LogP contribution in [0.15, 0.2) is 0 Å². The van der Waals surface area contributed by atoms with Crippen molar-refractivity contribution in [2.24, 2.45) is 0 Å². The minimum Gasteiger partial charge on any atom is -0.326 e. The number of hydrogen-bond acceptors (Lipinski definition) is 1. The Balaban J connectivity index is 2.45. The average molecular weight is 190 g/mol. The van der Waals surface area contributed by atoms with Crippen LogP contribution in [-0.4, -0.2) is 22.9 Å². The van der Waals surface area contributed by atoms with Crippen LogP contribution in [0.5, 0.6) is 0 Å². The van der Waals surface area contributed by atoms with Crippen LogP contribution in [0.1, 0.15) is 39.0 Å². The topological polar surface area (TPSA) is 20.3 Å². The van der Waals surface area contributed by atoms with Crippen LogP contribution in [0.4, 0.5) is 4.79 Å². The molecule has 3 heteroatoms. The Hall–Kier alpha value is -0.240. The van der Waals surface area contributed by atoms with Gasteiger partial charge in [-0.15, -0.1) is 0 Å². The predicted octanol–water partition coefficient (Wildman–Crippen LogP) is 3.00.